The maximum atomic E-state index is 10.3. The van der Waals surface area contributed by atoms with E-state index in [1.165, 1.54) is 83.1 Å². The fraction of sp³-hybridized carbons (Fsp3) is 0.850. The van der Waals surface area contributed by atoms with E-state index >= 15 is 0 Å². The van der Waals surface area contributed by atoms with Gasteiger partial charge in [0.2, 0.25) is 0 Å². The molecule has 0 saturated heterocycles. The van der Waals surface area contributed by atoms with Gasteiger partial charge in [-0.3, -0.25) is 0 Å². The minimum Gasteiger partial charge on any atom is -0.478 e. The molecule has 0 radical (unpaired) electrons. The summed E-state index contributed by atoms with van der Waals surface area (Å²) in [6, 6.07) is 0. The molecule has 0 aliphatic heterocycles. The molecule has 0 saturated carbocycles. The van der Waals surface area contributed by atoms with Crippen LogP contribution < -0.4 is 0 Å². The zero-order valence-corrected chi connectivity index (χ0v) is 15.1. The number of aliphatic hydroxyl groups excluding tert-OH is 1. The van der Waals surface area contributed by atoms with E-state index in [1.54, 1.807) is 0 Å². The quantitative estimate of drug-likeness (QED) is 0.260. The van der Waals surface area contributed by atoms with Crippen LogP contribution >= 0.6 is 0 Å². The molecule has 0 aromatic rings. The van der Waals surface area contributed by atoms with Gasteiger partial charge in [0.15, 0.2) is 0 Å². The number of unbranched alkanes of at least 4 members (excludes halogenated alkanes) is 12. The summed E-state index contributed by atoms with van der Waals surface area (Å²) >= 11 is 0. The highest BCUT2D eigenvalue weighted by atomic mass is 16.4. The Bertz CT molecular complexity index is 287. The zero-order valence-electron chi connectivity index (χ0n) is 15.1. The number of carboxylic acid groups (broad SMARTS) is 1. The first-order valence-corrected chi connectivity index (χ1v) is 9.74. The SMILES string of the molecule is CCCCCCCCCCCCCCCC(O)CC=CC(=O)O. The standard InChI is InChI=1S/C20H38O3/c1-2-3-4-5-6-7-8-9-10-11-12-13-14-16-19(21)17-15-18-20(22)23/h15,18-19,21H,2-14,16-17H2,1H3,(H,22,23). The summed E-state index contributed by atoms with van der Waals surface area (Å²) in [5.41, 5.74) is 0. The van der Waals surface area contributed by atoms with Crippen molar-refractivity contribution in [1.82, 2.24) is 0 Å². The monoisotopic (exact) mass is 326 g/mol. The highest BCUT2D eigenvalue weighted by Crippen LogP contribution is 2.13. The van der Waals surface area contributed by atoms with Crippen LogP contribution in [0.1, 0.15) is 103 Å². The zero-order chi connectivity index (χ0) is 17.2. The molecule has 23 heavy (non-hydrogen) atoms. The Balaban J connectivity index is 3.17. The third-order valence-electron chi connectivity index (χ3n) is 4.31. The molecule has 0 fully saturated rings. The number of hydrogen-bond donors (Lipinski definition) is 2. The summed E-state index contributed by atoms with van der Waals surface area (Å²) in [4.78, 5) is 10.3. The Labute approximate surface area is 143 Å². The molecular weight excluding hydrogens is 288 g/mol. The van der Waals surface area contributed by atoms with E-state index in [9.17, 15) is 9.90 Å². The summed E-state index contributed by atoms with van der Waals surface area (Å²) in [6.45, 7) is 2.26. The van der Waals surface area contributed by atoms with Gasteiger partial charge in [-0.05, 0) is 12.8 Å². The second-order valence-corrected chi connectivity index (χ2v) is 6.66. The fourth-order valence-electron chi connectivity index (χ4n) is 2.84. The molecule has 0 rings (SSSR count). The van der Waals surface area contributed by atoms with Crippen molar-refractivity contribution in [2.45, 2.75) is 109 Å². The maximum absolute atomic E-state index is 10.3. The Kier molecular flexibility index (Phi) is 16.9. The minimum atomic E-state index is -0.946. The molecule has 0 bridgehead atoms. The van der Waals surface area contributed by atoms with Gasteiger partial charge in [-0.2, -0.15) is 0 Å². The summed E-state index contributed by atoms with van der Waals surface area (Å²) in [6.07, 6.45) is 20.7. The number of rotatable bonds is 17. The lowest BCUT2D eigenvalue weighted by Crippen LogP contribution is -2.04. The summed E-state index contributed by atoms with van der Waals surface area (Å²) in [5.74, 6) is -0.946. The third-order valence-corrected chi connectivity index (χ3v) is 4.31. The predicted octanol–water partition coefficient (Wildman–Crippen LogP) is 5.86. The van der Waals surface area contributed by atoms with Crippen molar-refractivity contribution in [2.24, 2.45) is 0 Å². The molecule has 3 heteroatoms. The molecule has 0 heterocycles. The first-order chi connectivity index (χ1) is 11.2. The maximum Gasteiger partial charge on any atom is 0.327 e. The predicted molar refractivity (Wildman–Crippen MR) is 97.7 cm³/mol. The van der Waals surface area contributed by atoms with E-state index in [4.69, 9.17) is 5.11 Å². The molecule has 0 amide bonds. The van der Waals surface area contributed by atoms with Gasteiger partial charge in [-0.25, -0.2) is 4.79 Å². The van der Waals surface area contributed by atoms with Gasteiger partial charge in [0, 0.05) is 6.08 Å². The molecule has 2 N–H and O–H groups in total. The molecule has 136 valence electrons. The Morgan fingerprint density at radius 2 is 1.26 bits per heavy atom. The van der Waals surface area contributed by atoms with Crippen molar-refractivity contribution in [2.75, 3.05) is 0 Å². The lowest BCUT2D eigenvalue weighted by atomic mass is 10.0. The van der Waals surface area contributed by atoms with Crippen molar-refractivity contribution < 1.29 is 15.0 Å². The van der Waals surface area contributed by atoms with E-state index in [1.807, 2.05) is 0 Å². The lowest BCUT2D eigenvalue weighted by Gasteiger charge is -2.07. The van der Waals surface area contributed by atoms with Crippen LogP contribution in [0.15, 0.2) is 12.2 Å². The molecule has 0 aromatic carbocycles. The highest BCUT2D eigenvalue weighted by molar-refractivity contribution is 5.79. The molecule has 0 aliphatic carbocycles. The third kappa shape index (κ3) is 19.1. The molecule has 1 atom stereocenters. The fourth-order valence-corrected chi connectivity index (χ4v) is 2.84. The topological polar surface area (TPSA) is 57.5 Å². The number of hydrogen-bond acceptors (Lipinski definition) is 2. The number of aliphatic carboxylic acids is 1. The van der Waals surface area contributed by atoms with Crippen molar-refractivity contribution in [3.63, 3.8) is 0 Å². The van der Waals surface area contributed by atoms with Crippen LogP contribution in [0, 0.1) is 0 Å². The minimum absolute atomic E-state index is 0.390. The van der Waals surface area contributed by atoms with E-state index in [-0.39, 0.29) is 0 Å². The smallest absolute Gasteiger partial charge is 0.327 e. The number of aliphatic hydroxyl groups is 1. The summed E-state index contributed by atoms with van der Waals surface area (Å²) in [5, 5.41) is 18.2. The van der Waals surface area contributed by atoms with Crippen LogP contribution in [-0.2, 0) is 4.79 Å². The van der Waals surface area contributed by atoms with E-state index in [0.29, 0.717) is 6.42 Å². The average molecular weight is 327 g/mol. The molecule has 3 nitrogen and oxygen atoms in total. The van der Waals surface area contributed by atoms with Crippen molar-refractivity contribution >= 4 is 5.97 Å². The Morgan fingerprint density at radius 1 is 0.826 bits per heavy atom. The van der Waals surface area contributed by atoms with Crippen molar-refractivity contribution in [3.8, 4) is 0 Å². The molecule has 0 aliphatic rings. The van der Waals surface area contributed by atoms with Crippen LogP contribution in [0.5, 0.6) is 0 Å². The molecule has 0 aromatic heterocycles. The van der Waals surface area contributed by atoms with Crippen molar-refractivity contribution in [1.29, 1.82) is 0 Å². The van der Waals surface area contributed by atoms with Crippen LogP contribution in [0.2, 0.25) is 0 Å². The average Bonchev–Trinajstić information content (AvgIpc) is 2.51. The second kappa shape index (κ2) is 17.5. The largest absolute Gasteiger partial charge is 0.478 e. The Morgan fingerprint density at radius 3 is 1.70 bits per heavy atom. The molecule has 0 spiro atoms. The summed E-state index contributed by atoms with van der Waals surface area (Å²) in [7, 11) is 0. The van der Waals surface area contributed by atoms with Gasteiger partial charge in [-0.1, -0.05) is 96.5 Å². The van der Waals surface area contributed by atoms with Gasteiger partial charge in [0.25, 0.3) is 0 Å². The van der Waals surface area contributed by atoms with Gasteiger partial charge >= 0.3 is 5.97 Å². The summed E-state index contributed by atoms with van der Waals surface area (Å²) < 4.78 is 0. The van der Waals surface area contributed by atoms with Gasteiger partial charge in [-0.15, -0.1) is 0 Å². The first-order valence-electron chi connectivity index (χ1n) is 9.74. The van der Waals surface area contributed by atoms with E-state index in [0.717, 1.165) is 18.9 Å². The van der Waals surface area contributed by atoms with Crippen LogP contribution in [-0.4, -0.2) is 22.3 Å². The second-order valence-electron chi connectivity index (χ2n) is 6.66. The van der Waals surface area contributed by atoms with Gasteiger partial charge in [0.05, 0.1) is 6.10 Å². The Hall–Kier alpha value is -0.830. The number of carboxylic acids is 1. The van der Waals surface area contributed by atoms with Crippen LogP contribution in [0.25, 0.3) is 0 Å². The van der Waals surface area contributed by atoms with E-state index in [2.05, 4.69) is 6.92 Å². The number of carbonyl (C=O) groups is 1. The van der Waals surface area contributed by atoms with Gasteiger partial charge in [0.1, 0.15) is 0 Å². The van der Waals surface area contributed by atoms with Gasteiger partial charge < -0.3 is 10.2 Å². The van der Waals surface area contributed by atoms with Crippen molar-refractivity contribution in [3.05, 3.63) is 12.2 Å². The highest BCUT2D eigenvalue weighted by Gasteiger charge is 2.01. The molecular formula is C20H38O3. The first kappa shape index (κ1) is 22.2. The van der Waals surface area contributed by atoms with Crippen LogP contribution in [0.3, 0.4) is 0 Å². The molecule has 1 unspecified atom stereocenters. The van der Waals surface area contributed by atoms with E-state index < -0.39 is 12.1 Å². The lowest BCUT2D eigenvalue weighted by molar-refractivity contribution is -0.131. The van der Waals surface area contributed by atoms with Crippen LogP contribution in [0.4, 0.5) is 0 Å². The normalized spacial score (nSPS) is 12.8.